The summed E-state index contributed by atoms with van der Waals surface area (Å²) in [6.45, 7) is 4.94. The number of nitrogens with two attached hydrogens (primary N) is 1. The van der Waals surface area contributed by atoms with E-state index in [0.29, 0.717) is 23.7 Å². The fourth-order valence-electron chi connectivity index (χ4n) is 4.11. The summed E-state index contributed by atoms with van der Waals surface area (Å²) < 4.78 is 12.0. The van der Waals surface area contributed by atoms with Gasteiger partial charge in [0.1, 0.15) is 21.6 Å². The fourth-order valence-corrected chi connectivity index (χ4v) is 5.17. The highest BCUT2D eigenvalue weighted by molar-refractivity contribution is 7.21. The summed E-state index contributed by atoms with van der Waals surface area (Å²) in [7, 11) is 0. The van der Waals surface area contributed by atoms with Crippen molar-refractivity contribution in [3.05, 3.63) is 52.5 Å². The number of amides is 1. The lowest BCUT2D eigenvalue weighted by Crippen LogP contribution is -2.59. The standard InChI is InChI=1S/C23H26N4O3S/c1-14-2-7-18-19(24)20(31-22(18)27-14)21(28)26-9-8-15-3-5-16(6-4-15)30-17-10-23(29-11-17)12-25-13-23/h2-7,17,25H,8-13,24H2,1H3,(H,26,28). The first-order chi connectivity index (χ1) is 15.0. The summed E-state index contributed by atoms with van der Waals surface area (Å²) in [5.41, 5.74) is 8.71. The number of nitrogens with one attached hydrogen (secondary N) is 2. The Hall–Kier alpha value is -2.68. The number of aryl methyl sites for hydroxylation is 1. The predicted octanol–water partition coefficient (Wildman–Crippen LogP) is 2.67. The largest absolute Gasteiger partial charge is 0.488 e. The van der Waals surface area contributed by atoms with E-state index in [1.165, 1.54) is 11.3 Å². The maximum absolute atomic E-state index is 12.6. The Balaban J connectivity index is 1.13. The van der Waals surface area contributed by atoms with E-state index in [9.17, 15) is 4.79 Å². The third-order valence-electron chi connectivity index (χ3n) is 5.93. The van der Waals surface area contributed by atoms with Crippen molar-refractivity contribution in [2.75, 3.05) is 32.0 Å². The highest BCUT2D eigenvalue weighted by atomic mass is 32.1. The van der Waals surface area contributed by atoms with Gasteiger partial charge in [0.15, 0.2) is 0 Å². The van der Waals surface area contributed by atoms with Crippen LogP contribution in [0.5, 0.6) is 5.75 Å². The molecule has 2 aliphatic heterocycles. The first-order valence-electron chi connectivity index (χ1n) is 10.6. The van der Waals surface area contributed by atoms with Crippen molar-refractivity contribution in [2.24, 2.45) is 0 Å². The van der Waals surface area contributed by atoms with E-state index >= 15 is 0 Å². The molecule has 1 atom stereocenters. The number of nitrogens with zero attached hydrogens (tertiary/aromatic N) is 1. The topological polar surface area (TPSA) is 98.5 Å². The monoisotopic (exact) mass is 438 g/mol. The van der Waals surface area contributed by atoms with Crippen LogP contribution in [-0.2, 0) is 11.2 Å². The number of pyridine rings is 1. The summed E-state index contributed by atoms with van der Waals surface area (Å²) in [6, 6.07) is 11.9. The Bertz CT molecular complexity index is 1110. The van der Waals surface area contributed by atoms with E-state index in [-0.39, 0.29) is 17.6 Å². The number of ether oxygens (including phenoxy) is 2. The molecule has 1 spiro atoms. The summed E-state index contributed by atoms with van der Waals surface area (Å²) in [5.74, 6) is 0.699. The van der Waals surface area contributed by atoms with Crippen LogP contribution >= 0.6 is 11.3 Å². The molecular formula is C23H26N4O3S. The quantitative estimate of drug-likeness (QED) is 0.547. The highest BCUT2D eigenvalue weighted by Gasteiger charge is 2.46. The molecule has 2 saturated heterocycles. The second-order valence-corrected chi connectivity index (χ2v) is 9.34. The Morgan fingerprint density at radius 3 is 2.84 bits per heavy atom. The third-order valence-corrected chi connectivity index (χ3v) is 7.05. The smallest absolute Gasteiger partial charge is 0.263 e. The number of anilines is 1. The van der Waals surface area contributed by atoms with Crippen molar-refractivity contribution in [2.45, 2.75) is 31.5 Å². The SMILES string of the molecule is Cc1ccc2c(N)c(C(=O)NCCc3ccc(OC4COC5(CNC5)C4)cc3)sc2n1. The molecule has 1 amide bonds. The van der Waals surface area contributed by atoms with Gasteiger partial charge in [-0.25, -0.2) is 4.98 Å². The number of nitrogen functional groups attached to an aromatic ring is 1. The lowest BCUT2D eigenvalue weighted by molar-refractivity contribution is -0.0368. The van der Waals surface area contributed by atoms with Gasteiger partial charge >= 0.3 is 0 Å². The molecule has 5 rings (SSSR count). The Morgan fingerprint density at radius 2 is 2.13 bits per heavy atom. The molecule has 8 heteroatoms. The molecule has 0 radical (unpaired) electrons. The number of hydrogen-bond donors (Lipinski definition) is 3. The zero-order chi connectivity index (χ0) is 21.4. The minimum Gasteiger partial charge on any atom is -0.488 e. The van der Waals surface area contributed by atoms with Gasteiger partial charge in [0.2, 0.25) is 0 Å². The van der Waals surface area contributed by atoms with Gasteiger partial charge < -0.3 is 25.8 Å². The Morgan fingerprint density at radius 1 is 1.32 bits per heavy atom. The molecule has 1 aromatic carbocycles. The molecule has 31 heavy (non-hydrogen) atoms. The fraction of sp³-hybridized carbons (Fsp3) is 0.391. The van der Waals surface area contributed by atoms with Crippen LogP contribution in [0.2, 0.25) is 0 Å². The number of benzene rings is 1. The van der Waals surface area contributed by atoms with Crippen LogP contribution < -0.4 is 21.1 Å². The van der Waals surface area contributed by atoms with Gasteiger partial charge in [-0.05, 0) is 43.2 Å². The van der Waals surface area contributed by atoms with Gasteiger partial charge in [-0.15, -0.1) is 11.3 Å². The van der Waals surface area contributed by atoms with E-state index in [0.717, 1.165) is 53.2 Å². The predicted molar refractivity (Wildman–Crippen MR) is 122 cm³/mol. The van der Waals surface area contributed by atoms with Crippen LogP contribution in [0, 0.1) is 6.92 Å². The molecule has 0 aliphatic carbocycles. The van der Waals surface area contributed by atoms with Gasteiger partial charge in [-0.1, -0.05) is 12.1 Å². The molecule has 4 N–H and O–H groups in total. The summed E-state index contributed by atoms with van der Waals surface area (Å²) >= 11 is 1.34. The second-order valence-electron chi connectivity index (χ2n) is 8.34. The first-order valence-corrected chi connectivity index (χ1v) is 11.4. The molecule has 2 fully saturated rings. The first kappa shape index (κ1) is 20.2. The summed E-state index contributed by atoms with van der Waals surface area (Å²) in [5, 5.41) is 7.07. The van der Waals surface area contributed by atoms with Crippen LogP contribution in [-0.4, -0.2) is 48.8 Å². The zero-order valence-corrected chi connectivity index (χ0v) is 18.3. The molecule has 1 unspecified atom stereocenters. The second kappa shape index (κ2) is 8.11. The van der Waals surface area contributed by atoms with Crippen LogP contribution in [0.15, 0.2) is 36.4 Å². The van der Waals surface area contributed by atoms with Crippen molar-refractivity contribution in [1.29, 1.82) is 0 Å². The van der Waals surface area contributed by atoms with Crippen molar-refractivity contribution in [1.82, 2.24) is 15.6 Å². The van der Waals surface area contributed by atoms with Gasteiger partial charge in [0, 0.05) is 37.1 Å². The molecule has 0 saturated carbocycles. The van der Waals surface area contributed by atoms with Gasteiger partial charge in [-0.2, -0.15) is 0 Å². The van der Waals surface area contributed by atoms with E-state index < -0.39 is 0 Å². The van der Waals surface area contributed by atoms with Crippen molar-refractivity contribution in [3.63, 3.8) is 0 Å². The number of fused-ring (bicyclic) bond motifs is 1. The summed E-state index contributed by atoms with van der Waals surface area (Å²) in [6.07, 6.45) is 1.77. The van der Waals surface area contributed by atoms with Crippen molar-refractivity contribution < 1.29 is 14.3 Å². The number of carbonyl (C=O) groups is 1. The molecule has 2 aromatic heterocycles. The average Bonchev–Trinajstić information content (AvgIpc) is 3.31. The maximum Gasteiger partial charge on any atom is 0.263 e. The van der Waals surface area contributed by atoms with Crippen LogP contribution in [0.1, 0.15) is 27.3 Å². The Kier molecular flexibility index (Phi) is 5.29. The highest BCUT2D eigenvalue weighted by Crippen LogP contribution is 2.33. The molecular weight excluding hydrogens is 412 g/mol. The molecule has 0 bridgehead atoms. The van der Waals surface area contributed by atoms with E-state index in [1.807, 2.05) is 43.3 Å². The minimum atomic E-state index is -0.154. The third kappa shape index (κ3) is 4.11. The van der Waals surface area contributed by atoms with E-state index in [4.69, 9.17) is 15.2 Å². The molecule has 4 heterocycles. The minimum absolute atomic E-state index is 0.00445. The summed E-state index contributed by atoms with van der Waals surface area (Å²) in [4.78, 5) is 18.4. The van der Waals surface area contributed by atoms with Crippen molar-refractivity contribution >= 4 is 33.1 Å². The number of aromatic nitrogens is 1. The molecule has 2 aliphatic rings. The molecule has 7 nitrogen and oxygen atoms in total. The number of thiophene rings is 1. The number of rotatable bonds is 6. The van der Waals surface area contributed by atoms with E-state index in [1.54, 1.807) is 0 Å². The average molecular weight is 439 g/mol. The lowest BCUT2D eigenvalue weighted by atomic mass is 9.93. The van der Waals surface area contributed by atoms with Gasteiger partial charge in [-0.3, -0.25) is 4.79 Å². The van der Waals surface area contributed by atoms with Crippen molar-refractivity contribution in [3.8, 4) is 5.75 Å². The lowest BCUT2D eigenvalue weighted by Gasteiger charge is -2.37. The van der Waals surface area contributed by atoms with Gasteiger partial charge in [0.05, 0.1) is 17.9 Å². The van der Waals surface area contributed by atoms with Gasteiger partial charge in [0.25, 0.3) is 5.91 Å². The Labute approximate surface area is 184 Å². The van der Waals surface area contributed by atoms with Crippen LogP contribution in [0.25, 0.3) is 10.2 Å². The van der Waals surface area contributed by atoms with Crippen LogP contribution in [0.3, 0.4) is 0 Å². The van der Waals surface area contributed by atoms with E-state index in [2.05, 4.69) is 15.6 Å². The van der Waals surface area contributed by atoms with Crippen LogP contribution in [0.4, 0.5) is 5.69 Å². The number of carbonyl (C=O) groups excluding carboxylic acids is 1. The maximum atomic E-state index is 12.6. The zero-order valence-electron chi connectivity index (χ0n) is 17.4. The number of hydrogen-bond acceptors (Lipinski definition) is 7. The normalized spacial score (nSPS) is 19.5. The molecule has 3 aromatic rings. The molecule has 162 valence electrons.